The summed E-state index contributed by atoms with van der Waals surface area (Å²) < 4.78 is 0. The van der Waals surface area contributed by atoms with Gasteiger partial charge in [-0.3, -0.25) is 0 Å². The average Bonchev–Trinajstić information content (AvgIpc) is 0.811. The maximum Gasteiger partial charge on any atom is -0.438 e. The van der Waals surface area contributed by atoms with Crippen molar-refractivity contribution in [2.45, 2.75) is 0 Å². The highest BCUT2D eigenvalue weighted by Crippen LogP contribution is 1.85. The number of rotatable bonds is 0. The first-order chi connectivity index (χ1) is 1.73. The van der Waals surface area contributed by atoms with Crippen molar-refractivity contribution in [3.05, 3.63) is 0 Å². The van der Waals surface area contributed by atoms with E-state index in [2.05, 4.69) is 0 Å². The van der Waals surface area contributed by atoms with Gasteiger partial charge < -0.3 is 35.7 Å². The molecule has 0 fully saturated rings. The van der Waals surface area contributed by atoms with Crippen molar-refractivity contribution in [3.8, 4) is 0 Å². The minimum absolute atomic E-state index is 0. The normalized spacial score (nSPS) is 7.20. The van der Waals surface area contributed by atoms with Crippen LogP contribution in [0.3, 0.4) is 0 Å². The maximum absolute atomic E-state index is 8.48. The Hall–Kier alpha value is 0.600. The van der Waals surface area contributed by atoms with Gasteiger partial charge in [0.15, 0.2) is 0 Å². The van der Waals surface area contributed by atoms with Gasteiger partial charge in [0.25, 0.3) is 0 Å². The third-order valence-corrected chi connectivity index (χ3v) is 0. The Bertz CT molecular complexity index is 11.6. The molecule has 0 atom stereocenters. The van der Waals surface area contributed by atoms with E-state index < -0.39 is 8.60 Å². The van der Waals surface area contributed by atoms with E-state index in [1.165, 1.54) is 0 Å². The molecule has 0 heterocycles. The van der Waals surface area contributed by atoms with E-state index in [-0.39, 0.29) is 12.4 Å². The summed E-state index contributed by atoms with van der Waals surface area (Å²) in [7, 11) is -3.37. The molecule has 0 aromatic heterocycles. The van der Waals surface area contributed by atoms with Crippen LogP contribution in [-0.2, 0) is 0 Å². The zero-order valence-electron chi connectivity index (χ0n) is 2.25. The first kappa shape index (κ1) is 9.14. The first-order valence-corrected chi connectivity index (χ1v) is 1.64. The molecule has 0 spiro atoms. The average molecular weight is 118 g/mol. The van der Waals surface area contributed by atoms with Crippen LogP contribution in [0.4, 0.5) is 0 Å². The highest BCUT2D eigenvalue weighted by molar-refractivity contribution is 7.33. The summed E-state index contributed by atoms with van der Waals surface area (Å²) in [6.45, 7) is 0. The minimum atomic E-state index is -3.37. The van der Waals surface area contributed by atoms with Gasteiger partial charge in [0.1, 0.15) is 0 Å². The molecule has 0 N–H and O–H groups in total. The molecule has 5 heteroatoms. The number of halogens is 1. The van der Waals surface area contributed by atoms with Gasteiger partial charge in [-0.25, -0.2) is 0 Å². The summed E-state index contributed by atoms with van der Waals surface area (Å²) >= 11 is 0. The summed E-state index contributed by atoms with van der Waals surface area (Å²) in [5.74, 6) is 0. The Balaban J connectivity index is 0. The van der Waals surface area contributed by atoms with Crippen molar-refractivity contribution in [1.29, 1.82) is 0 Å². The lowest BCUT2D eigenvalue weighted by Gasteiger charge is -2.39. The van der Waals surface area contributed by atoms with E-state index in [1.54, 1.807) is 0 Å². The van der Waals surface area contributed by atoms with Crippen LogP contribution in [-0.4, -0.2) is 0 Å². The largest absolute Gasteiger partial charge is 0.854 e. The fraction of sp³-hybridized carbons (Fsp3) is 0. The predicted molar refractivity (Wildman–Crippen MR) is 12.5 cm³/mol. The highest BCUT2D eigenvalue weighted by Gasteiger charge is 1.10. The van der Waals surface area contributed by atoms with Gasteiger partial charge in [-0.15, -0.1) is 0 Å². The molecule has 0 aromatic carbocycles. The summed E-state index contributed by atoms with van der Waals surface area (Å²) in [6, 6.07) is 0. The summed E-state index contributed by atoms with van der Waals surface area (Å²) in [5, 5.41) is 0. The third kappa shape index (κ3) is 86.4. The smallest absolute Gasteiger partial charge is 0.438 e. The van der Waals surface area contributed by atoms with Gasteiger partial charge in [0, 0.05) is 0 Å². The van der Waals surface area contributed by atoms with E-state index >= 15 is 0 Å². The quantitative estimate of drug-likeness (QED) is 0.307. The SMILES string of the molecule is [ClH4+3].[O-]P([O-])[O-]. The molecule has 0 amide bonds. The minimum Gasteiger partial charge on any atom is -0.854 e. The maximum atomic E-state index is 8.48. The second-order valence-electron chi connectivity index (χ2n) is 0.224. The Kier molecular flexibility index (Phi) is 8.41. The predicted octanol–water partition coefficient (Wildman–Crippen LogP) is -3.78. The molecule has 0 aliphatic rings. The fourth-order valence-corrected chi connectivity index (χ4v) is 0. The molecule has 0 saturated carbocycles. The molecule has 0 radical (unpaired) electrons. The zero-order valence-corrected chi connectivity index (χ0v) is 4.30. The van der Waals surface area contributed by atoms with Crippen LogP contribution in [0.15, 0.2) is 0 Å². The summed E-state index contributed by atoms with van der Waals surface area (Å²) in [5.41, 5.74) is 0. The molecule has 0 saturated heterocycles. The lowest BCUT2D eigenvalue weighted by Crippen LogP contribution is -2.18. The molecular weight excluding hydrogens is 114 g/mol. The van der Waals surface area contributed by atoms with E-state index in [0.29, 0.717) is 0 Å². The molecule has 0 rings (SSSR count). The van der Waals surface area contributed by atoms with Crippen molar-refractivity contribution >= 4 is 8.60 Å². The zero-order chi connectivity index (χ0) is 3.58. The van der Waals surface area contributed by atoms with E-state index in [1.807, 2.05) is 0 Å². The van der Waals surface area contributed by atoms with Gasteiger partial charge in [-0.1, -0.05) is 0 Å². The third-order valence-electron chi connectivity index (χ3n) is 0. The molecule has 0 aliphatic heterocycles. The van der Waals surface area contributed by atoms with Crippen LogP contribution in [0.1, 0.15) is 0 Å². The topological polar surface area (TPSA) is 69.2 Å². The van der Waals surface area contributed by atoms with Crippen molar-refractivity contribution in [1.82, 2.24) is 0 Å². The van der Waals surface area contributed by atoms with Crippen molar-refractivity contribution in [2.75, 3.05) is 0 Å². The fourth-order valence-electron chi connectivity index (χ4n) is 0. The monoisotopic (exact) mass is 118 g/mol. The Morgan fingerprint density at radius 3 is 1.00 bits per heavy atom. The molecule has 34 valence electrons. The van der Waals surface area contributed by atoms with Crippen molar-refractivity contribution in [2.24, 2.45) is 0 Å². The van der Waals surface area contributed by atoms with Crippen LogP contribution < -0.4 is 14.7 Å². The van der Waals surface area contributed by atoms with Crippen molar-refractivity contribution < 1.29 is 27.1 Å². The molecule has 5 heavy (non-hydrogen) atoms. The molecular formula is H4ClO3P. The van der Waals surface area contributed by atoms with Gasteiger partial charge in [-0.05, 0) is 0 Å². The van der Waals surface area contributed by atoms with Gasteiger partial charge >= 0.3 is 0 Å². The van der Waals surface area contributed by atoms with Gasteiger partial charge in [-0.2, -0.15) is 0 Å². The van der Waals surface area contributed by atoms with E-state index in [4.69, 9.17) is 14.7 Å². The molecule has 0 unspecified atom stereocenters. The molecule has 3 nitrogen and oxygen atoms in total. The van der Waals surface area contributed by atoms with Crippen LogP contribution >= 0.6 is 8.60 Å². The molecule has 0 aliphatic carbocycles. The Morgan fingerprint density at radius 2 is 1.00 bits per heavy atom. The Labute approximate surface area is 36.7 Å². The number of hydrogen-bond acceptors (Lipinski definition) is 3. The second-order valence-corrected chi connectivity index (χ2v) is 0.671. The van der Waals surface area contributed by atoms with Gasteiger partial charge in [0.2, 0.25) is 0 Å². The second kappa shape index (κ2) is 4.60. The van der Waals surface area contributed by atoms with Crippen LogP contribution in [0, 0.1) is 12.4 Å². The van der Waals surface area contributed by atoms with Crippen LogP contribution in [0.25, 0.3) is 0 Å². The lowest BCUT2D eigenvalue weighted by atomic mass is 15.8. The van der Waals surface area contributed by atoms with Crippen LogP contribution in [0.2, 0.25) is 0 Å². The van der Waals surface area contributed by atoms with Crippen molar-refractivity contribution in [3.63, 3.8) is 0 Å². The number of hydrogen-bond donors (Lipinski definition) is 0. The standard InChI is InChI=1S/Cl.O3P/c;1-4(2)3/q+3;-3. The summed E-state index contributed by atoms with van der Waals surface area (Å²) in [6.07, 6.45) is 0. The lowest BCUT2D eigenvalue weighted by molar-refractivity contribution is -0.407. The molecule has 0 aromatic rings. The van der Waals surface area contributed by atoms with Crippen LogP contribution in [0.5, 0.6) is 0 Å². The molecule has 0 bridgehead atoms. The Morgan fingerprint density at radius 1 is 1.00 bits per heavy atom. The first-order valence-electron chi connectivity index (χ1n) is 0.548. The van der Waals surface area contributed by atoms with E-state index in [9.17, 15) is 0 Å². The highest BCUT2D eigenvalue weighted by atomic mass is 35.5. The summed E-state index contributed by atoms with van der Waals surface area (Å²) in [4.78, 5) is 25.4. The van der Waals surface area contributed by atoms with E-state index in [0.717, 1.165) is 0 Å². The van der Waals surface area contributed by atoms with Gasteiger partial charge in [0.05, 0.1) is 0 Å².